The molecule has 3 heterocycles. The SMILES string of the molecule is Cn1cnc(C(=O)N2CC(C)(C)C2c2nccn2-c2cccc(F)c2)n1. The number of halogens is 1. The van der Waals surface area contributed by atoms with Crippen molar-refractivity contribution < 1.29 is 9.18 Å². The maximum atomic E-state index is 13.7. The number of benzene rings is 1. The highest BCUT2D eigenvalue weighted by Crippen LogP contribution is 2.48. The van der Waals surface area contributed by atoms with Crippen LogP contribution in [0.5, 0.6) is 0 Å². The van der Waals surface area contributed by atoms with Crippen LogP contribution in [0.3, 0.4) is 0 Å². The zero-order valence-corrected chi connectivity index (χ0v) is 14.8. The van der Waals surface area contributed by atoms with Crippen LogP contribution in [-0.2, 0) is 7.05 Å². The summed E-state index contributed by atoms with van der Waals surface area (Å²) in [5.74, 6) is 0.303. The smallest absolute Gasteiger partial charge is 0.294 e. The molecule has 2 aromatic heterocycles. The molecule has 0 saturated carbocycles. The van der Waals surface area contributed by atoms with Crippen LogP contribution in [0.1, 0.15) is 36.3 Å². The van der Waals surface area contributed by atoms with E-state index in [2.05, 4.69) is 28.9 Å². The van der Waals surface area contributed by atoms with E-state index >= 15 is 0 Å². The number of amides is 1. The van der Waals surface area contributed by atoms with Gasteiger partial charge in [0.2, 0.25) is 5.82 Å². The highest BCUT2D eigenvalue weighted by Gasteiger charge is 2.51. The predicted octanol–water partition coefficient (Wildman–Crippen LogP) is 2.36. The fourth-order valence-corrected chi connectivity index (χ4v) is 3.53. The lowest BCUT2D eigenvalue weighted by Gasteiger charge is -2.53. The van der Waals surface area contributed by atoms with E-state index in [9.17, 15) is 9.18 Å². The molecule has 0 spiro atoms. The van der Waals surface area contributed by atoms with Gasteiger partial charge in [0, 0.05) is 37.1 Å². The maximum Gasteiger partial charge on any atom is 0.294 e. The van der Waals surface area contributed by atoms with Crippen molar-refractivity contribution in [3.8, 4) is 5.69 Å². The molecule has 8 heteroatoms. The highest BCUT2D eigenvalue weighted by molar-refractivity contribution is 5.91. The highest BCUT2D eigenvalue weighted by atomic mass is 19.1. The van der Waals surface area contributed by atoms with Crippen molar-refractivity contribution >= 4 is 5.91 Å². The largest absolute Gasteiger partial charge is 0.324 e. The van der Waals surface area contributed by atoms with Crippen LogP contribution >= 0.6 is 0 Å². The molecule has 1 aliphatic heterocycles. The number of nitrogens with zero attached hydrogens (tertiary/aromatic N) is 6. The first-order valence-corrected chi connectivity index (χ1v) is 8.32. The first kappa shape index (κ1) is 16.4. The molecule has 1 saturated heterocycles. The Hall–Kier alpha value is -3.03. The van der Waals surface area contributed by atoms with Gasteiger partial charge in [-0.25, -0.2) is 14.4 Å². The first-order chi connectivity index (χ1) is 12.4. The molecule has 134 valence electrons. The Morgan fingerprint density at radius 2 is 2.12 bits per heavy atom. The van der Waals surface area contributed by atoms with Gasteiger partial charge in [0.15, 0.2) is 0 Å². The number of aromatic nitrogens is 5. The fourth-order valence-electron chi connectivity index (χ4n) is 3.53. The normalized spacial score (nSPS) is 18.6. The minimum Gasteiger partial charge on any atom is -0.324 e. The van der Waals surface area contributed by atoms with Crippen LogP contribution < -0.4 is 0 Å². The second kappa shape index (κ2) is 5.76. The number of aryl methyl sites for hydroxylation is 1. The van der Waals surface area contributed by atoms with Gasteiger partial charge in [0.25, 0.3) is 5.91 Å². The molecule has 1 aromatic carbocycles. The van der Waals surface area contributed by atoms with Gasteiger partial charge in [-0.3, -0.25) is 9.48 Å². The molecule has 7 nitrogen and oxygen atoms in total. The topological polar surface area (TPSA) is 68.8 Å². The third kappa shape index (κ3) is 2.58. The number of carbonyl (C=O) groups is 1. The predicted molar refractivity (Wildman–Crippen MR) is 92.1 cm³/mol. The fraction of sp³-hybridized carbons (Fsp3) is 0.333. The monoisotopic (exact) mass is 354 g/mol. The lowest BCUT2D eigenvalue weighted by atomic mass is 9.74. The number of imidazole rings is 1. The first-order valence-electron chi connectivity index (χ1n) is 8.32. The Balaban J connectivity index is 1.72. The molecule has 26 heavy (non-hydrogen) atoms. The summed E-state index contributed by atoms with van der Waals surface area (Å²) in [6, 6.07) is 6.06. The zero-order chi connectivity index (χ0) is 18.5. The van der Waals surface area contributed by atoms with Gasteiger partial charge in [-0.1, -0.05) is 19.9 Å². The van der Waals surface area contributed by atoms with Gasteiger partial charge >= 0.3 is 0 Å². The standard InChI is InChI=1S/C18H19FN6O/c1-18(2)10-25(17(26)15-21-11-23(3)22-15)14(18)16-20-7-8-24(16)13-6-4-5-12(19)9-13/h4-9,11,14H,10H2,1-3H3. The van der Waals surface area contributed by atoms with Gasteiger partial charge in [-0.05, 0) is 18.2 Å². The van der Waals surface area contributed by atoms with Crippen LogP contribution in [0.15, 0.2) is 43.0 Å². The van der Waals surface area contributed by atoms with Crippen LogP contribution in [-0.4, -0.2) is 41.7 Å². The molecule has 3 aromatic rings. The van der Waals surface area contributed by atoms with Crippen molar-refractivity contribution in [2.45, 2.75) is 19.9 Å². The van der Waals surface area contributed by atoms with Gasteiger partial charge < -0.3 is 9.47 Å². The number of rotatable bonds is 3. The Morgan fingerprint density at radius 3 is 2.77 bits per heavy atom. The van der Waals surface area contributed by atoms with Gasteiger partial charge in [-0.2, -0.15) is 0 Å². The molecule has 4 rings (SSSR count). The molecule has 1 atom stereocenters. The summed E-state index contributed by atoms with van der Waals surface area (Å²) >= 11 is 0. The Kier molecular flexibility index (Phi) is 3.64. The van der Waals surface area contributed by atoms with E-state index in [4.69, 9.17) is 0 Å². The van der Waals surface area contributed by atoms with E-state index in [1.165, 1.54) is 23.1 Å². The third-order valence-electron chi connectivity index (χ3n) is 4.68. The molecule has 1 fully saturated rings. The van der Waals surface area contributed by atoms with Crippen LogP contribution in [0.25, 0.3) is 5.69 Å². The lowest BCUT2D eigenvalue weighted by molar-refractivity contribution is -0.0377. The van der Waals surface area contributed by atoms with Crippen molar-refractivity contribution in [3.05, 3.63) is 60.5 Å². The number of likely N-dealkylation sites (tertiary alicyclic amines) is 1. The number of hydrogen-bond acceptors (Lipinski definition) is 4. The summed E-state index contributed by atoms with van der Waals surface area (Å²) in [5.41, 5.74) is 0.504. The Labute approximate surface area is 150 Å². The average molecular weight is 354 g/mol. The molecule has 1 amide bonds. The van der Waals surface area contributed by atoms with Gasteiger partial charge in [-0.15, -0.1) is 5.10 Å². The van der Waals surface area contributed by atoms with Crippen molar-refractivity contribution in [2.24, 2.45) is 12.5 Å². The summed E-state index contributed by atoms with van der Waals surface area (Å²) in [6.45, 7) is 4.74. The van der Waals surface area contributed by atoms with Gasteiger partial charge in [0.05, 0.1) is 6.04 Å². The van der Waals surface area contributed by atoms with Gasteiger partial charge in [0.1, 0.15) is 18.0 Å². The summed E-state index contributed by atoms with van der Waals surface area (Å²) in [7, 11) is 1.72. The van der Waals surface area contributed by atoms with E-state index in [0.717, 1.165) is 0 Å². The van der Waals surface area contributed by atoms with Crippen LogP contribution in [0.4, 0.5) is 4.39 Å². The van der Waals surface area contributed by atoms with E-state index in [0.29, 0.717) is 18.1 Å². The number of carbonyl (C=O) groups excluding carboxylic acids is 1. The van der Waals surface area contributed by atoms with Crippen molar-refractivity contribution in [1.82, 2.24) is 29.2 Å². The molecule has 0 aliphatic carbocycles. The molecule has 1 aliphatic rings. The maximum absolute atomic E-state index is 13.7. The van der Waals surface area contributed by atoms with E-state index in [1.54, 1.807) is 30.4 Å². The molecule has 0 N–H and O–H groups in total. The Bertz CT molecular complexity index is 975. The minimum absolute atomic E-state index is 0.164. The van der Waals surface area contributed by atoms with Crippen molar-refractivity contribution in [1.29, 1.82) is 0 Å². The van der Waals surface area contributed by atoms with Crippen molar-refractivity contribution in [2.75, 3.05) is 6.54 Å². The zero-order valence-electron chi connectivity index (χ0n) is 14.8. The second-order valence-corrected chi connectivity index (χ2v) is 7.20. The molecule has 1 unspecified atom stereocenters. The van der Waals surface area contributed by atoms with E-state index < -0.39 is 0 Å². The average Bonchev–Trinajstić information content (AvgIpc) is 3.21. The summed E-state index contributed by atoms with van der Waals surface area (Å²) in [6.07, 6.45) is 4.94. The quantitative estimate of drug-likeness (QED) is 0.724. The summed E-state index contributed by atoms with van der Waals surface area (Å²) < 4.78 is 17.0. The third-order valence-corrected chi connectivity index (χ3v) is 4.68. The van der Waals surface area contributed by atoms with Crippen LogP contribution in [0, 0.1) is 11.2 Å². The minimum atomic E-state index is -0.319. The summed E-state index contributed by atoms with van der Waals surface area (Å²) in [5, 5.41) is 4.11. The molecule has 0 bridgehead atoms. The van der Waals surface area contributed by atoms with E-state index in [1.807, 2.05) is 10.6 Å². The van der Waals surface area contributed by atoms with Crippen LogP contribution in [0.2, 0.25) is 0 Å². The molecular formula is C18H19FN6O. The summed E-state index contributed by atoms with van der Waals surface area (Å²) in [4.78, 5) is 23.1. The Morgan fingerprint density at radius 1 is 1.31 bits per heavy atom. The lowest BCUT2D eigenvalue weighted by Crippen LogP contribution is -2.58. The van der Waals surface area contributed by atoms with E-state index in [-0.39, 0.29) is 29.0 Å². The second-order valence-electron chi connectivity index (χ2n) is 7.20. The number of hydrogen-bond donors (Lipinski definition) is 0. The van der Waals surface area contributed by atoms with Crippen molar-refractivity contribution in [3.63, 3.8) is 0 Å². The molecular weight excluding hydrogens is 335 g/mol. The molecule has 0 radical (unpaired) electrons.